The second kappa shape index (κ2) is 9.44. The number of piperidine rings is 1. The molecule has 1 fully saturated rings. The quantitative estimate of drug-likeness (QED) is 0.391. The molecule has 0 unspecified atom stereocenters. The number of hydroxylamine groups is 2. The second-order valence-electron chi connectivity index (χ2n) is 8.01. The molecule has 0 radical (unpaired) electrons. The fourth-order valence-electron chi connectivity index (χ4n) is 3.28. The van der Waals surface area contributed by atoms with E-state index in [0.717, 1.165) is 10.6 Å². The first-order valence-corrected chi connectivity index (χ1v) is 10.0. The molecule has 2 atom stereocenters. The molecule has 0 bridgehead atoms. The van der Waals surface area contributed by atoms with Gasteiger partial charge in [0.1, 0.15) is 12.2 Å². The number of hydrogen-bond donors (Lipinski definition) is 0. The van der Waals surface area contributed by atoms with Crippen LogP contribution in [0.5, 0.6) is 0 Å². The molecule has 1 aromatic carbocycles. The Labute approximate surface area is 179 Å². The average Bonchev–Trinajstić information content (AvgIpc) is 3.22. The molecule has 1 aliphatic rings. The van der Waals surface area contributed by atoms with Gasteiger partial charge in [-0.2, -0.15) is 4.98 Å². The summed E-state index contributed by atoms with van der Waals surface area (Å²) in [5.41, 5.74) is 0.211. The van der Waals surface area contributed by atoms with Gasteiger partial charge in [0.25, 0.3) is 0 Å². The average molecular weight is 437 g/mol. The molecule has 9 nitrogen and oxygen atoms in total. The van der Waals surface area contributed by atoms with Crippen LogP contribution in [0.3, 0.4) is 0 Å². The zero-order valence-electron chi connectivity index (χ0n) is 17.2. The summed E-state index contributed by atoms with van der Waals surface area (Å²) in [6.45, 7) is 5.69. The first kappa shape index (κ1) is 22.0. The smallest absolute Gasteiger partial charge is 0.410 e. The number of rotatable bonds is 5. The van der Waals surface area contributed by atoms with Crippen LogP contribution in [0.15, 0.2) is 41.2 Å². The Bertz CT molecular complexity index is 841. The van der Waals surface area contributed by atoms with Crippen molar-refractivity contribution >= 4 is 23.1 Å². The molecule has 2 amide bonds. The Morgan fingerprint density at radius 1 is 1.27 bits per heavy atom. The normalized spacial score (nSPS) is 19.4. The van der Waals surface area contributed by atoms with Gasteiger partial charge in [-0.15, -0.1) is 0 Å². The summed E-state index contributed by atoms with van der Waals surface area (Å²) < 4.78 is 10.4. The second-order valence-corrected chi connectivity index (χ2v) is 8.33. The monoisotopic (exact) mass is 436 g/mol. The van der Waals surface area contributed by atoms with Crippen molar-refractivity contribution in [2.24, 2.45) is 0 Å². The number of carbonyl (C=O) groups excluding carboxylic acids is 2. The minimum absolute atomic E-state index is 0.154. The molecule has 2 heterocycles. The number of carbonyl (C=O) groups is 2. The Hall–Kier alpha value is -2.65. The molecule has 10 heteroatoms. The maximum atomic E-state index is 12.9. The molecular weight excluding hydrogens is 412 g/mol. The van der Waals surface area contributed by atoms with Crippen molar-refractivity contribution in [3.8, 4) is 0 Å². The van der Waals surface area contributed by atoms with Crippen molar-refractivity contribution in [1.29, 1.82) is 0 Å². The van der Waals surface area contributed by atoms with Crippen molar-refractivity contribution in [2.45, 2.75) is 57.9 Å². The van der Waals surface area contributed by atoms with Crippen LogP contribution in [0.1, 0.15) is 51.0 Å². The van der Waals surface area contributed by atoms with E-state index < -0.39 is 29.1 Å². The summed E-state index contributed by atoms with van der Waals surface area (Å²) in [6, 6.07) is 8.54. The highest BCUT2D eigenvalue weighted by Gasteiger charge is 2.40. The minimum Gasteiger partial charge on any atom is -0.444 e. The Morgan fingerprint density at radius 2 is 2.00 bits per heavy atom. The van der Waals surface area contributed by atoms with Crippen LogP contribution in [0, 0.1) is 0 Å². The van der Waals surface area contributed by atoms with Crippen molar-refractivity contribution < 1.29 is 23.7 Å². The van der Waals surface area contributed by atoms with Gasteiger partial charge in [0.2, 0.25) is 6.39 Å². The van der Waals surface area contributed by atoms with E-state index in [0.29, 0.717) is 18.7 Å². The molecule has 3 rings (SSSR count). The summed E-state index contributed by atoms with van der Waals surface area (Å²) in [7, 11) is 0. The molecule has 162 valence electrons. The topological polar surface area (TPSA) is 98.0 Å². The fourth-order valence-corrected chi connectivity index (χ4v) is 3.46. The summed E-state index contributed by atoms with van der Waals surface area (Å²) in [5, 5.41) is 4.25. The third-order valence-electron chi connectivity index (χ3n) is 4.58. The molecule has 0 spiro atoms. The molecule has 1 aliphatic heterocycles. The van der Waals surface area contributed by atoms with Gasteiger partial charge in [0, 0.05) is 6.54 Å². The van der Waals surface area contributed by atoms with Crippen LogP contribution in [0.2, 0.25) is 0 Å². The lowest BCUT2D eigenvalue weighted by Gasteiger charge is -2.41. The number of hydrogen-bond acceptors (Lipinski definition) is 7. The highest BCUT2D eigenvalue weighted by Crippen LogP contribution is 2.33. The van der Waals surface area contributed by atoms with Crippen molar-refractivity contribution in [1.82, 2.24) is 20.1 Å². The molecule has 30 heavy (non-hydrogen) atoms. The Balaban J connectivity index is 1.76. The van der Waals surface area contributed by atoms with Gasteiger partial charge < -0.3 is 9.26 Å². The number of nitrogens with zero attached hydrogens (tertiary/aromatic N) is 4. The predicted octanol–water partition coefficient (Wildman–Crippen LogP) is 4.30. The van der Waals surface area contributed by atoms with Gasteiger partial charge >= 0.3 is 11.5 Å². The van der Waals surface area contributed by atoms with Crippen LogP contribution >= 0.6 is 11.6 Å². The zero-order valence-corrected chi connectivity index (χ0v) is 17.9. The van der Waals surface area contributed by atoms with Crippen LogP contribution in [0.25, 0.3) is 0 Å². The van der Waals surface area contributed by atoms with E-state index in [1.807, 2.05) is 30.3 Å². The van der Waals surface area contributed by atoms with Crippen LogP contribution in [-0.4, -0.2) is 49.8 Å². The van der Waals surface area contributed by atoms with Gasteiger partial charge in [0.05, 0.1) is 12.1 Å². The van der Waals surface area contributed by atoms with Gasteiger partial charge in [-0.25, -0.2) is 9.86 Å². The van der Waals surface area contributed by atoms with Crippen molar-refractivity contribution in [3.63, 3.8) is 0 Å². The van der Waals surface area contributed by atoms with Gasteiger partial charge in [-0.05, 0) is 50.8 Å². The lowest BCUT2D eigenvalue weighted by molar-refractivity contribution is -0.160. The highest BCUT2D eigenvalue weighted by atomic mass is 35.5. The van der Waals surface area contributed by atoms with Crippen LogP contribution in [-0.2, 0) is 16.2 Å². The van der Waals surface area contributed by atoms with E-state index in [1.54, 1.807) is 20.8 Å². The zero-order chi connectivity index (χ0) is 21.7. The predicted molar refractivity (Wildman–Crippen MR) is 107 cm³/mol. The standard InChI is InChI=1S/C20H25ClN4O5/c1-20(2,3)30-19(27)24-11-15(9-10-16(24)17-22-13-28-23-17)25(18(21)26)29-12-14-7-5-4-6-8-14/h4-8,13,15-16H,9-12H2,1-3H3/t15-,16+/m1/s1. The van der Waals surface area contributed by atoms with E-state index >= 15 is 0 Å². The maximum Gasteiger partial charge on any atom is 0.410 e. The molecule has 1 aromatic heterocycles. The number of ether oxygens (including phenoxy) is 1. The number of likely N-dealkylation sites (tertiary alicyclic amines) is 1. The number of halogens is 1. The Morgan fingerprint density at radius 3 is 2.60 bits per heavy atom. The van der Waals surface area contributed by atoms with E-state index in [-0.39, 0.29) is 13.2 Å². The first-order valence-electron chi connectivity index (χ1n) is 9.66. The van der Waals surface area contributed by atoms with E-state index in [4.69, 9.17) is 25.7 Å². The largest absolute Gasteiger partial charge is 0.444 e. The summed E-state index contributed by atoms with van der Waals surface area (Å²) in [4.78, 5) is 36.2. The lowest BCUT2D eigenvalue weighted by Crippen LogP contribution is -2.52. The van der Waals surface area contributed by atoms with E-state index in [1.165, 1.54) is 11.3 Å². The van der Waals surface area contributed by atoms with Gasteiger partial charge in [-0.3, -0.25) is 14.5 Å². The maximum absolute atomic E-state index is 12.9. The van der Waals surface area contributed by atoms with Crippen molar-refractivity contribution in [3.05, 3.63) is 48.1 Å². The van der Waals surface area contributed by atoms with Gasteiger partial charge in [0.15, 0.2) is 5.82 Å². The summed E-state index contributed by atoms with van der Waals surface area (Å²) in [6.07, 6.45) is 1.70. The number of aromatic nitrogens is 2. The molecule has 0 saturated carbocycles. The third-order valence-corrected chi connectivity index (χ3v) is 4.75. The Kier molecular flexibility index (Phi) is 6.94. The molecule has 0 N–H and O–H groups in total. The SMILES string of the molecule is CC(C)(C)OC(=O)N1C[C@H](N(OCc2ccccc2)C(=O)Cl)CC[C@H]1c1ncon1. The number of benzene rings is 1. The highest BCUT2D eigenvalue weighted by molar-refractivity contribution is 6.62. The third kappa shape index (κ3) is 5.70. The molecular formula is C20H25ClN4O5. The first-order chi connectivity index (χ1) is 14.2. The van der Waals surface area contributed by atoms with Crippen LogP contribution < -0.4 is 0 Å². The minimum atomic E-state index is -0.752. The number of amides is 2. The fraction of sp³-hybridized carbons (Fsp3) is 0.500. The summed E-state index contributed by atoms with van der Waals surface area (Å²) in [5.74, 6) is 0.383. The summed E-state index contributed by atoms with van der Waals surface area (Å²) >= 11 is 5.80. The van der Waals surface area contributed by atoms with Crippen LogP contribution in [0.4, 0.5) is 9.59 Å². The van der Waals surface area contributed by atoms with E-state index in [9.17, 15) is 9.59 Å². The molecule has 0 aliphatic carbocycles. The van der Waals surface area contributed by atoms with Crippen molar-refractivity contribution in [2.75, 3.05) is 6.54 Å². The molecule has 1 saturated heterocycles. The van der Waals surface area contributed by atoms with E-state index in [2.05, 4.69) is 10.1 Å². The van der Waals surface area contributed by atoms with Gasteiger partial charge in [-0.1, -0.05) is 35.5 Å². The molecule has 2 aromatic rings. The lowest BCUT2D eigenvalue weighted by atomic mass is 9.98.